The molecule has 2 aromatic rings. The van der Waals surface area contributed by atoms with E-state index >= 15 is 0 Å². The third-order valence-electron chi connectivity index (χ3n) is 8.18. The number of hydrogen-bond donors (Lipinski definition) is 1. The Hall–Kier alpha value is -3.37. The fraction of sp³-hybridized carbons (Fsp3) is 0.531. The molecule has 2 saturated heterocycles. The minimum atomic E-state index is -0.0468. The second-order valence-corrected chi connectivity index (χ2v) is 11.0. The van der Waals surface area contributed by atoms with Crippen molar-refractivity contribution in [3.63, 3.8) is 0 Å². The quantitative estimate of drug-likeness (QED) is 0.540. The van der Waals surface area contributed by atoms with Crippen LogP contribution in [0, 0.1) is 30.1 Å². The maximum atomic E-state index is 9.56. The molecule has 1 aromatic heterocycles. The molecule has 2 aliphatic rings. The summed E-state index contributed by atoms with van der Waals surface area (Å²) in [4.78, 5) is 4.82. The number of nitrogens with one attached hydrogen (secondary N) is 1. The Morgan fingerprint density at radius 1 is 1.18 bits per heavy atom. The lowest BCUT2D eigenvalue weighted by molar-refractivity contribution is 0.0561. The van der Waals surface area contributed by atoms with Gasteiger partial charge in [-0.1, -0.05) is 45.1 Å². The molecule has 0 spiro atoms. The van der Waals surface area contributed by atoms with Crippen LogP contribution in [0.5, 0.6) is 0 Å². The van der Waals surface area contributed by atoms with Gasteiger partial charge in [0.1, 0.15) is 0 Å². The molecular formula is C32H44N6O. The molecule has 208 valence electrons. The van der Waals surface area contributed by atoms with Crippen molar-refractivity contribution in [3.8, 4) is 6.07 Å². The second kappa shape index (κ2) is 13.1. The molecule has 2 fully saturated rings. The average molecular weight is 529 g/mol. The van der Waals surface area contributed by atoms with Gasteiger partial charge in [-0.25, -0.2) is 0 Å². The zero-order valence-corrected chi connectivity index (χ0v) is 24.5. The van der Waals surface area contributed by atoms with Crippen LogP contribution in [0.2, 0.25) is 0 Å². The third-order valence-corrected chi connectivity index (χ3v) is 8.18. The largest absolute Gasteiger partial charge is 0.378 e. The summed E-state index contributed by atoms with van der Waals surface area (Å²) in [5.74, 6) is 3.04. The standard InChI is InChI=1S/C32H44N6O/c1-7-10-27(37-15-17-39-18-16-37)19-30-28(8-2)32(38-14-13-26(21-38)22(3)4)36-35-31(30)34-24(6)29-12-9-11-25(20-33)23(29)5/h8-12,19,22,24,26H,7,13-18,21H2,1-6H3,(H,34,35)/b27-10-,28-8+,30-19+/t24-,26?/m1/s1. The molecule has 4 rings (SSSR count). The minimum absolute atomic E-state index is 0.0468. The highest BCUT2D eigenvalue weighted by Crippen LogP contribution is 2.26. The number of nitrogens with zero attached hydrogens (tertiary/aromatic N) is 5. The Balaban J connectivity index is 1.83. The highest BCUT2D eigenvalue weighted by atomic mass is 16.5. The molecule has 2 atom stereocenters. The molecular weight excluding hydrogens is 484 g/mol. The second-order valence-electron chi connectivity index (χ2n) is 11.0. The number of nitriles is 1. The van der Waals surface area contributed by atoms with Crippen molar-refractivity contribution in [2.45, 2.75) is 60.4 Å². The first-order chi connectivity index (χ1) is 18.9. The number of allylic oxidation sites excluding steroid dienone is 2. The molecule has 7 nitrogen and oxygen atoms in total. The first-order valence-corrected chi connectivity index (χ1v) is 14.5. The normalized spacial score (nSPS) is 20.1. The summed E-state index contributed by atoms with van der Waals surface area (Å²) in [6.07, 6.45) is 8.89. The Kier molecular flexibility index (Phi) is 9.63. The van der Waals surface area contributed by atoms with Gasteiger partial charge in [0, 0.05) is 42.3 Å². The monoisotopic (exact) mass is 528 g/mol. The molecule has 0 radical (unpaired) electrons. The van der Waals surface area contributed by atoms with Crippen molar-refractivity contribution >= 4 is 23.8 Å². The van der Waals surface area contributed by atoms with E-state index in [1.54, 1.807) is 0 Å². The van der Waals surface area contributed by atoms with E-state index in [1.807, 2.05) is 19.1 Å². The molecule has 1 unspecified atom stereocenters. The summed E-state index contributed by atoms with van der Waals surface area (Å²) in [6, 6.07) is 8.17. The number of benzene rings is 1. The van der Waals surface area contributed by atoms with E-state index in [1.165, 1.54) is 12.1 Å². The molecule has 0 aliphatic carbocycles. The summed E-state index contributed by atoms with van der Waals surface area (Å²) >= 11 is 0. The van der Waals surface area contributed by atoms with Crippen LogP contribution < -0.4 is 20.7 Å². The van der Waals surface area contributed by atoms with E-state index in [-0.39, 0.29) is 6.04 Å². The van der Waals surface area contributed by atoms with Crippen LogP contribution in [0.4, 0.5) is 11.6 Å². The van der Waals surface area contributed by atoms with Crippen LogP contribution in [0.15, 0.2) is 30.0 Å². The first kappa shape index (κ1) is 28.6. The molecule has 1 N–H and O–H groups in total. The molecule has 0 bridgehead atoms. The predicted molar refractivity (Wildman–Crippen MR) is 160 cm³/mol. The van der Waals surface area contributed by atoms with E-state index in [2.05, 4.69) is 80.1 Å². The number of anilines is 2. The fourth-order valence-corrected chi connectivity index (χ4v) is 5.73. The zero-order chi connectivity index (χ0) is 27.9. The van der Waals surface area contributed by atoms with E-state index in [4.69, 9.17) is 14.9 Å². The Morgan fingerprint density at radius 2 is 1.95 bits per heavy atom. The van der Waals surface area contributed by atoms with Gasteiger partial charge in [-0.2, -0.15) is 5.26 Å². The highest BCUT2D eigenvalue weighted by Gasteiger charge is 2.27. The summed E-state index contributed by atoms with van der Waals surface area (Å²) in [5, 5.41) is 25.0. The molecule has 0 amide bonds. The molecule has 7 heteroatoms. The first-order valence-electron chi connectivity index (χ1n) is 14.5. The van der Waals surface area contributed by atoms with Crippen LogP contribution in [0.25, 0.3) is 12.2 Å². The van der Waals surface area contributed by atoms with E-state index < -0.39 is 0 Å². The van der Waals surface area contributed by atoms with E-state index in [0.717, 1.165) is 79.0 Å². The average Bonchev–Trinajstić information content (AvgIpc) is 3.44. The number of morpholine rings is 1. The maximum absolute atomic E-state index is 9.56. The van der Waals surface area contributed by atoms with Gasteiger partial charge in [0.2, 0.25) is 0 Å². The van der Waals surface area contributed by atoms with Crippen LogP contribution in [-0.2, 0) is 4.74 Å². The van der Waals surface area contributed by atoms with Gasteiger partial charge in [-0.15, -0.1) is 10.2 Å². The van der Waals surface area contributed by atoms with Gasteiger partial charge < -0.3 is 19.9 Å². The smallest absolute Gasteiger partial charge is 0.159 e. The molecule has 2 aliphatic heterocycles. The van der Waals surface area contributed by atoms with Crippen LogP contribution in [0.3, 0.4) is 0 Å². The van der Waals surface area contributed by atoms with Crippen molar-refractivity contribution in [3.05, 3.63) is 57.1 Å². The number of aromatic nitrogens is 2. The third kappa shape index (κ3) is 6.45. The van der Waals surface area contributed by atoms with Gasteiger partial charge in [0.05, 0.1) is 30.9 Å². The number of rotatable bonds is 8. The van der Waals surface area contributed by atoms with Gasteiger partial charge in [0.25, 0.3) is 0 Å². The number of ether oxygens (including phenoxy) is 1. The van der Waals surface area contributed by atoms with E-state index in [9.17, 15) is 5.26 Å². The summed E-state index contributed by atoms with van der Waals surface area (Å²) in [6.45, 7) is 18.3. The van der Waals surface area contributed by atoms with Gasteiger partial charge >= 0.3 is 0 Å². The molecule has 1 aromatic carbocycles. The Morgan fingerprint density at radius 3 is 2.59 bits per heavy atom. The van der Waals surface area contributed by atoms with Crippen molar-refractivity contribution in [2.24, 2.45) is 11.8 Å². The van der Waals surface area contributed by atoms with E-state index in [0.29, 0.717) is 17.4 Å². The lowest BCUT2D eigenvalue weighted by Gasteiger charge is -2.30. The van der Waals surface area contributed by atoms with Crippen molar-refractivity contribution in [1.29, 1.82) is 5.26 Å². The lowest BCUT2D eigenvalue weighted by Crippen LogP contribution is -2.40. The number of hydrogen-bond acceptors (Lipinski definition) is 7. The zero-order valence-electron chi connectivity index (χ0n) is 24.5. The molecule has 39 heavy (non-hydrogen) atoms. The van der Waals surface area contributed by atoms with Gasteiger partial charge in [0.15, 0.2) is 11.6 Å². The minimum Gasteiger partial charge on any atom is -0.378 e. The Labute approximate surface area is 233 Å². The SMILES string of the molecule is C/C=c1/c(N2CCC(C(C)C)C2)nnc(N[C@H](C)c2cccc(C#N)c2C)/c1=C/C(=C/CC)N1CCOCC1. The molecule has 0 saturated carbocycles. The summed E-state index contributed by atoms with van der Waals surface area (Å²) < 4.78 is 5.64. The highest BCUT2D eigenvalue weighted by molar-refractivity contribution is 5.59. The molecule has 3 heterocycles. The maximum Gasteiger partial charge on any atom is 0.159 e. The van der Waals surface area contributed by atoms with Crippen molar-refractivity contribution in [1.82, 2.24) is 15.1 Å². The van der Waals surface area contributed by atoms with Crippen LogP contribution in [0.1, 0.15) is 70.2 Å². The van der Waals surface area contributed by atoms with Crippen molar-refractivity contribution in [2.75, 3.05) is 49.6 Å². The van der Waals surface area contributed by atoms with Gasteiger partial charge in [-0.05, 0) is 68.7 Å². The van der Waals surface area contributed by atoms with Crippen LogP contribution in [-0.4, -0.2) is 54.5 Å². The summed E-state index contributed by atoms with van der Waals surface area (Å²) in [5.41, 5.74) is 3.98. The topological polar surface area (TPSA) is 77.3 Å². The lowest BCUT2D eigenvalue weighted by atomic mass is 9.95. The summed E-state index contributed by atoms with van der Waals surface area (Å²) in [7, 11) is 0. The predicted octanol–water partition coefficient (Wildman–Crippen LogP) is 4.52. The van der Waals surface area contributed by atoms with Crippen molar-refractivity contribution < 1.29 is 4.74 Å². The Bertz CT molecular complexity index is 1340. The fourth-order valence-electron chi connectivity index (χ4n) is 5.73. The van der Waals surface area contributed by atoms with Crippen LogP contribution >= 0.6 is 0 Å². The van der Waals surface area contributed by atoms with Gasteiger partial charge in [-0.3, -0.25) is 0 Å².